The van der Waals surface area contributed by atoms with Gasteiger partial charge in [-0.3, -0.25) is 10.4 Å². The maximum absolute atomic E-state index is 5.31. The number of anilines is 1. The van der Waals surface area contributed by atoms with Gasteiger partial charge in [-0.05, 0) is 58.5 Å². The lowest BCUT2D eigenvalue weighted by Crippen LogP contribution is -1.92. The van der Waals surface area contributed by atoms with Crippen LogP contribution in [0.25, 0.3) is 11.3 Å². The van der Waals surface area contributed by atoms with E-state index >= 15 is 0 Å². The summed E-state index contributed by atoms with van der Waals surface area (Å²) < 4.78 is 6.37. The van der Waals surface area contributed by atoms with Crippen molar-refractivity contribution in [2.75, 3.05) is 5.43 Å². The second kappa shape index (κ2) is 6.49. The maximum Gasteiger partial charge on any atom is 0.181 e. The molecule has 0 aliphatic heterocycles. The SMILES string of the molecule is Ic1cc(NN=Cc2ccncc2)ccc1-c1cnco1. The molecule has 0 saturated carbocycles. The molecule has 0 amide bonds. The smallest absolute Gasteiger partial charge is 0.181 e. The zero-order chi connectivity index (χ0) is 14.5. The highest BCUT2D eigenvalue weighted by atomic mass is 127. The highest BCUT2D eigenvalue weighted by molar-refractivity contribution is 14.1. The first kappa shape index (κ1) is 13.7. The van der Waals surface area contributed by atoms with Gasteiger partial charge in [-0.1, -0.05) is 0 Å². The van der Waals surface area contributed by atoms with E-state index in [1.807, 2.05) is 30.3 Å². The highest BCUT2D eigenvalue weighted by Gasteiger charge is 2.06. The standard InChI is InChI=1S/C15H11IN4O/c16-14-7-12(1-2-13(14)15-9-18-10-21-15)20-19-8-11-3-5-17-6-4-11/h1-10,20H. The first-order valence-electron chi connectivity index (χ1n) is 6.20. The van der Waals surface area contributed by atoms with Crippen molar-refractivity contribution < 1.29 is 4.42 Å². The molecule has 0 aliphatic carbocycles. The third kappa shape index (κ3) is 3.46. The Hall–Kier alpha value is -2.22. The molecule has 1 aromatic carbocycles. The molecule has 0 radical (unpaired) electrons. The van der Waals surface area contributed by atoms with Gasteiger partial charge in [0.1, 0.15) is 0 Å². The number of hydrogen-bond donors (Lipinski definition) is 1. The fourth-order valence-corrected chi connectivity index (χ4v) is 2.55. The predicted molar refractivity (Wildman–Crippen MR) is 90.1 cm³/mol. The van der Waals surface area contributed by atoms with Gasteiger partial charge in [0.05, 0.1) is 18.1 Å². The molecule has 2 heterocycles. The van der Waals surface area contributed by atoms with E-state index < -0.39 is 0 Å². The lowest BCUT2D eigenvalue weighted by molar-refractivity contribution is 0.571. The summed E-state index contributed by atoms with van der Waals surface area (Å²) in [5.41, 5.74) is 5.92. The third-order valence-electron chi connectivity index (χ3n) is 2.78. The molecule has 3 rings (SSSR count). The number of rotatable bonds is 4. The number of benzene rings is 1. The van der Waals surface area contributed by atoms with E-state index in [0.717, 1.165) is 26.1 Å². The number of nitrogens with one attached hydrogen (secondary N) is 1. The number of hydrogen-bond acceptors (Lipinski definition) is 5. The van der Waals surface area contributed by atoms with Crippen LogP contribution in [0.2, 0.25) is 0 Å². The number of pyridine rings is 1. The van der Waals surface area contributed by atoms with Gasteiger partial charge in [0.2, 0.25) is 0 Å². The van der Waals surface area contributed by atoms with Gasteiger partial charge >= 0.3 is 0 Å². The van der Waals surface area contributed by atoms with Gasteiger partial charge in [-0.2, -0.15) is 5.10 Å². The van der Waals surface area contributed by atoms with E-state index in [1.54, 1.807) is 24.8 Å². The molecule has 0 fully saturated rings. The molecule has 0 spiro atoms. The van der Waals surface area contributed by atoms with Crippen molar-refractivity contribution in [3.63, 3.8) is 0 Å². The second-order valence-electron chi connectivity index (χ2n) is 4.21. The van der Waals surface area contributed by atoms with Gasteiger partial charge in [-0.25, -0.2) is 4.98 Å². The average molecular weight is 390 g/mol. The number of halogens is 1. The van der Waals surface area contributed by atoms with Crippen LogP contribution in [0.1, 0.15) is 5.56 Å². The first-order chi connectivity index (χ1) is 10.3. The Morgan fingerprint density at radius 3 is 2.71 bits per heavy atom. The van der Waals surface area contributed by atoms with E-state index in [9.17, 15) is 0 Å². The minimum absolute atomic E-state index is 0.756. The molecule has 0 atom stereocenters. The van der Waals surface area contributed by atoms with Crippen LogP contribution in [-0.4, -0.2) is 16.2 Å². The normalized spacial score (nSPS) is 10.9. The van der Waals surface area contributed by atoms with Gasteiger partial charge in [-0.15, -0.1) is 0 Å². The number of nitrogens with zero attached hydrogens (tertiary/aromatic N) is 3. The molecular formula is C15H11IN4O. The topological polar surface area (TPSA) is 63.3 Å². The second-order valence-corrected chi connectivity index (χ2v) is 5.37. The van der Waals surface area contributed by atoms with Crippen LogP contribution >= 0.6 is 22.6 Å². The van der Waals surface area contributed by atoms with Crippen molar-refractivity contribution in [2.24, 2.45) is 5.10 Å². The Morgan fingerprint density at radius 2 is 2.00 bits per heavy atom. The number of oxazole rings is 1. The fourth-order valence-electron chi connectivity index (χ4n) is 1.76. The molecular weight excluding hydrogens is 379 g/mol. The van der Waals surface area contributed by atoms with E-state index in [2.05, 4.69) is 43.1 Å². The van der Waals surface area contributed by atoms with Crippen molar-refractivity contribution in [2.45, 2.75) is 0 Å². The molecule has 0 saturated heterocycles. The maximum atomic E-state index is 5.31. The molecule has 3 aromatic rings. The summed E-state index contributed by atoms with van der Waals surface area (Å²) in [6, 6.07) is 9.71. The average Bonchev–Trinajstić information content (AvgIpc) is 3.02. The zero-order valence-electron chi connectivity index (χ0n) is 10.9. The van der Waals surface area contributed by atoms with Gasteiger partial charge in [0.15, 0.2) is 12.2 Å². The largest absolute Gasteiger partial charge is 0.443 e. The Balaban J connectivity index is 1.73. The fraction of sp³-hybridized carbons (Fsp3) is 0. The summed E-state index contributed by atoms with van der Waals surface area (Å²) in [6.07, 6.45) is 8.34. The Labute approximate surface area is 135 Å². The monoisotopic (exact) mass is 390 g/mol. The molecule has 0 bridgehead atoms. The van der Waals surface area contributed by atoms with Crippen LogP contribution in [0.4, 0.5) is 5.69 Å². The zero-order valence-corrected chi connectivity index (χ0v) is 13.1. The van der Waals surface area contributed by atoms with Crippen LogP contribution in [0.5, 0.6) is 0 Å². The molecule has 0 unspecified atom stereocenters. The Kier molecular flexibility index (Phi) is 4.25. The van der Waals surface area contributed by atoms with Crippen molar-refractivity contribution in [1.29, 1.82) is 0 Å². The summed E-state index contributed by atoms with van der Waals surface area (Å²) in [5, 5.41) is 4.20. The lowest BCUT2D eigenvalue weighted by Gasteiger charge is -2.04. The minimum Gasteiger partial charge on any atom is -0.443 e. The number of hydrazone groups is 1. The van der Waals surface area contributed by atoms with Crippen LogP contribution in [0.15, 0.2) is 64.8 Å². The van der Waals surface area contributed by atoms with E-state index in [-0.39, 0.29) is 0 Å². The van der Waals surface area contributed by atoms with Gasteiger partial charge in [0.25, 0.3) is 0 Å². The lowest BCUT2D eigenvalue weighted by atomic mass is 10.2. The summed E-state index contributed by atoms with van der Waals surface area (Å²) in [4.78, 5) is 7.89. The van der Waals surface area contributed by atoms with Crippen molar-refractivity contribution in [3.8, 4) is 11.3 Å². The molecule has 5 nitrogen and oxygen atoms in total. The number of aromatic nitrogens is 2. The van der Waals surface area contributed by atoms with Crippen LogP contribution in [0, 0.1) is 3.57 Å². The molecule has 2 aromatic heterocycles. The summed E-state index contributed by atoms with van der Waals surface area (Å²) >= 11 is 2.26. The molecule has 1 N–H and O–H groups in total. The van der Waals surface area contributed by atoms with Gasteiger partial charge < -0.3 is 4.42 Å². The van der Waals surface area contributed by atoms with E-state index in [0.29, 0.717) is 0 Å². The predicted octanol–water partition coefficient (Wildman–Crippen LogP) is 3.79. The highest BCUT2D eigenvalue weighted by Crippen LogP contribution is 2.27. The van der Waals surface area contributed by atoms with Crippen molar-refractivity contribution >= 4 is 34.5 Å². The minimum atomic E-state index is 0.756. The van der Waals surface area contributed by atoms with E-state index in [1.165, 1.54) is 6.39 Å². The summed E-state index contributed by atoms with van der Waals surface area (Å²) in [5.74, 6) is 0.756. The van der Waals surface area contributed by atoms with Crippen LogP contribution < -0.4 is 5.43 Å². The van der Waals surface area contributed by atoms with Crippen molar-refractivity contribution in [3.05, 3.63) is 64.4 Å². The molecule has 0 aliphatic rings. The summed E-state index contributed by atoms with van der Waals surface area (Å²) in [6.45, 7) is 0. The van der Waals surface area contributed by atoms with Crippen LogP contribution in [0.3, 0.4) is 0 Å². The Morgan fingerprint density at radius 1 is 1.14 bits per heavy atom. The molecule has 104 valence electrons. The van der Waals surface area contributed by atoms with Crippen molar-refractivity contribution in [1.82, 2.24) is 9.97 Å². The molecule has 21 heavy (non-hydrogen) atoms. The Bertz CT molecular complexity index is 742. The first-order valence-corrected chi connectivity index (χ1v) is 7.28. The summed E-state index contributed by atoms with van der Waals surface area (Å²) in [7, 11) is 0. The van der Waals surface area contributed by atoms with Crippen LogP contribution in [-0.2, 0) is 0 Å². The molecule has 6 heteroatoms. The van der Waals surface area contributed by atoms with E-state index in [4.69, 9.17) is 4.42 Å². The quantitative estimate of drug-likeness (QED) is 0.418. The van der Waals surface area contributed by atoms with Gasteiger partial charge in [0, 0.05) is 21.5 Å². The third-order valence-corrected chi connectivity index (χ3v) is 3.67.